The van der Waals surface area contributed by atoms with Gasteiger partial charge in [-0.25, -0.2) is 0 Å². The number of aryl methyl sites for hydroxylation is 2. The van der Waals surface area contributed by atoms with Crippen molar-refractivity contribution in [1.82, 2.24) is 4.98 Å². The number of hydrogen-bond acceptors (Lipinski definition) is 4. The van der Waals surface area contributed by atoms with Gasteiger partial charge in [-0.1, -0.05) is 13.0 Å². The van der Waals surface area contributed by atoms with Gasteiger partial charge in [-0.3, -0.25) is 4.79 Å². The van der Waals surface area contributed by atoms with Crippen LogP contribution >= 0.6 is 0 Å². The zero-order chi connectivity index (χ0) is 16.1. The average molecular weight is 302 g/mol. The molecule has 5 nitrogen and oxygen atoms in total. The number of hydrogen-bond donors (Lipinski definition) is 2. The largest absolute Gasteiger partial charge is 0.496 e. The normalized spacial score (nSPS) is 10.4. The van der Waals surface area contributed by atoms with Crippen molar-refractivity contribution in [3.8, 4) is 11.5 Å². The van der Waals surface area contributed by atoms with Crippen LogP contribution in [0.25, 0.3) is 0 Å². The first-order valence-electron chi connectivity index (χ1n) is 7.27. The summed E-state index contributed by atoms with van der Waals surface area (Å²) in [6.07, 6.45) is 0.870. The molecule has 0 bridgehead atoms. The second-order valence-electron chi connectivity index (χ2n) is 5.01. The second-order valence-corrected chi connectivity index (χ2v) is 5.01. The monoisotopic (exact) mass is 302 g/mol. The Morgan fingerprint density at radius 3 is 2.36 bits per heavy atom. The van der Waals surface area contributed by atoms with E-state index >= 15 is 0 Å². The summed E-state index contributed by atoms with van der Waals surface area (Å²) in [6, 6.07) is 7.51. The SMILES string of the molecule is CCc1cc(NCc2c(OC)cccc2OC)c(=O)[nH]c1C. The number of pyridine rings is 1. The molecule has 0 amide bonds. The number of anilines is 1. The van der Waals surface area contributed by atoms with Gasteiger partial charge in [0.2, 0.25) is 0 Å². The van der Waals surface area contributed by atoms with Gasteiger partial charge < -0.3 is 19.8 Å². The highest BCUT2D eigenvalue weighted by Crippen LogP contribution is 2.28. The van der Waals surface area contributed by atoms with Crippen molar-refractivity contribution in [2.75, 3.05) is 19.5 Å². The molecular formula is C17H22N2O3. The average Bonchev–Trinajstić information content (AvgIpc) is 2.53. The van der Waals surface area contributed by atoms with Gasteiger partial charge >= 0.3 is 0 Å². The smallest absolute Gasteiger partial charge is 0.271 e. The molecule has 0 spiro atoms. The molecule has 0 atom stereocenters. The molecule has 2 rings (SSSR count). The van der Waals surface area contributed by atoms with E-state index in [1.165, 1.54) is 0 Å². The Hall–Kier alpha value is -2.43. The van der Waals surface area contributed by atoms with Crippen molar-refractivity contribution < 1.29 is 9.47 Å². The molecule has 2 N–H and O–H groups in total. The van der Waals surface area contributed by atoms with Gasteiger partial charge in [-0.2, -0.15) is 0 Å². The van der Waals surface area contributed by atoms with Crippen LogP contribution in [0.2, 0.25) is 0 Å². The van der Waals surface area contributed by atoms with Gasteiger partial charge in [0.25, 0.3) is 5.56 Å². The zero-order valence-corrected chi connectivity index (χ0v) is 13.4. The number of ether oxygens (including phenoxy) is 2. The fraction of sp³-hybridized carbons (Fsp3) is 0.353. The van der Waals surface area contributed by atoms with Gasteiger partial charge in [0.15, 0.2) is 0 Å². The van der Waals surface area contributed by atoms with E-state index in [0.717, 1.165) is 34.7 Å². The van der Waals surface area contributed by atoms with Crippen molar-refractivity contribution >= 4 is 5.69 Å². The van der Waals surface area contributed by atoms with Crippen LogP contribution in [0, 0.1) is 6.92 Å². The number of aromatic nitrogens is 1. The first-order valence-corrected chi connectivity index (χ1v) is 7.27. The lowest BCUT2D eigenvalue weighted by molar-refractivity contribution is 0.386. The summed E-state index contributed by atoms with van der Waals surface area (Å²) in [6.45, 7) is 4.42. The lowest BCUT2D eigenvalue weighted by Gasteiger charge is -2.14. The van der Waals surface area contributed by atoms with E-state index < -0.39 is 0 Å². The van der Waals surface area contributed by atoms with Crippen molar-refractivity contribution in [3.05, 3.63) is 51.4 Å². The van der Waals surface area contributed by atoms with Gasteiger partial charge in [-0.05, 0) is 37.1 Å². The van der Waals surface area contributed by atoms with E-state index in [4.69, 9.17) is 9.47 Å². The van der Waals surface area contributed by atoms with Crippen LogP contribution < -0.4 is 20.3 Å². The number of methoxy groups -OCH3 is 2. The fourth-order valence-corrected chi connectivity index (χ4v) is 2.45. The van der Waals surface area contributed by atoms with E-state index in [9.17, 15) is 4.79 Å². The highest BCUT2D eigenvalue weighted by atomic mass is 16.5. The van der Waals surface area contributed by atoms with Crippen LogP contribution in [0.15, 0.2) is 29.1 Å². The minimum absolute atomic E-state index is 0.122. The first-order chi connectivity index (χ1) is 10.6. The highest BCUT2D eigenvalue weighted by Gasteiger charge is 2.11. The summed E-state index contributed by atoms with van der Waals surface area (Å²) < 4.78 is 10.7. The molecule has 118 valence electrons. The molecule has 1 aromatic heterocycles. The maximum atomic E-state index is 12.1. The fourth-order valence-electron chi connectivity index (χ4n) is 2.45. The van der Waals surface area contributed by atoms with Crippen LogP contribution in [0.3, 0.4) is 0 Å². The molecule has 0 unspecified atom stereocenters. The topological polar surface area (TPSA) is 63.4 Å². The van der Waals surface area contributed by atoms with Crippen LogP contribution in [0.4, 0.5) is 5.69 Å². The Labute approximate surface area is 130 Å². The predicted molar refractivity (Wildman–Crippen MR) is 88.1 cm³/mol. The summed E-state index contributed by atoms with van der Waals surface area (Å²) in [5.41, 5.74) is 3.34. The first kappa shape index (κ1) is 15.9. The Bertz CT molecular complexity index is 685. The number of aromatic amines is 1. The molecule has 0 aliphatic carbocycles. The van der Waals surface area contributed by atoms with E-state index in [0.29, 0.717) is 12.2 Å². The molecule has 5 heteroatoms. The molecule has 0 radical (unpaired) electrons. The zero-order valence-electron chi connectivity index (χ0n) is 13.4. The Morgan fingerprint density at radius 1 is 1.18 bits per heavy atom. The molecular weight excluding hydrogens is 280 g/mol. The minimum Gasteiger partial charge on any atom is -0.496 e. The molecule has 0 aliphatic heterocycles. The third-order valence-corrected chi connectivity index (χ3v) is 3.71. The Balaban J connectivity index is 2.29. The number of nitrogens with one attached hydrogen (secondary N) is 2. The molecule has 1 heterocycles. The van der Waals surface area contributed by atoms with E-state index in [-0.39, 0.29) is 5.56 Å². The summed E-state index contributed by atoms with van der Waals surface area (Å²) in [5, 5.41) is 3.18. The Kier molecular flexibility index (Phi) is 5.09. The van der Waals surface area contributed by atoms with Crippen molar-refractivity contribution in [2.45, 2.75) is 26.8 Å². The maximum absolute atomic E-state index is 12.1. The van der Waals surface area contributed by atoms with Crippen LogP contribution in [-0.4, -0.2) is 19.2 Å². The molecule has 0 fully saturated rings. The summed E-state index contributed by atoms with van der Waals surface area (Å²) in [7, 11) is 3.23. The van der Waals surface area contributed by atoms with Crippen LogP contribution in [0.1, 0.15) is 23.7 Å². The summed E-state index contributed by atoms with van der Waals surface area (Å²) in [5.74, 6) is 1.46. The third kappa shape index (κ3) is 3.24. The van der Waals surface area contributed by atoms with Crippen molar-refractivity contribution in [3.63, 3.8) is 0 Å². The third-order valence-electron chi connectivity index (χ3n) is 3.71. The Morgan fingerprint density at radius 2 is 1.82 bits per heavy atom. The van der Waals surface area contributed by atoms with Crippen molar-refractivity contribution in [2.24, 2.45) is 0 Å². The van der Waals surface area contributed by atoms with E-state index in [2.05, 4.69) is 17.2 Å². The predicted octanol–water partition coefficient (Wildman–Crippen LogP) is 2.88. The molecule has 0 saturated carbocycles. The molecule has 22 heavy (non-hydrogen) atoms. The number of benzene rings is 1. The van der Waals surface area contributed by atoms with Gasteiger partial charge in [0, 0.05) is 12.2 Å². The standard InChI is InChI=1S/C17H22N2O3/c1-5-12-9-14(17(20)19-11(12)2)18-10-13-15(21-3)7-6-8-16(13)22-4/h6-9,18H,5,10H2,1-4H3,(H,19,20). The second kappa shape index (κ2) is 7.02. The number of H-pyrrole nitrogens is 1. The van der Waals surface area contributed by atoms with E-state index in [1.54, 1.807) is 14.2 Å². The lowest BCUT2D eigenvalue weighted by atomic mass is 10.1. The highest BCUT2D eigenvalue weighted by molar-refractivity contribution is 5.50. The van der Waals surface area contributed by atoms with Gasteiger partial charge in [0.1, 0.15) is 17.2 Å². The van der Waals surface area contributed by atoms with Crippen LogP contribution in [0.5, 0.6) is 11.5 Å². The molecule has 0 saturated heterocycles. The van der Waals surface area contributed by atoms with Crippen LogP contribution in [-0.2, 0) is 13.0 Å². The quantitative estimate of drug-likeness (QED) is 0.861. The molecule has 1 aromatic carbocycles. The number of rotatable bonds is 6. The minimum atomic E-state index is -0.122. The van der Waals surface area contributed by atoms with Crippen molar-refractivity contribution in [1.29, 1.82) is 0 Å². The summed E-state index contributed by atoms with van der Waals surface area (Å²) in [4.78, 5) is 14.9. The molecule has 0 aliphatic rings. The lowest BCUT2D eigenvalue weighted by Crippen LogP contribution is -2.16. The maximum Gasteiger partial charge on any atom is 0.271 e. The van der Waals surface area contributed by atoms with E-state index in [1.807, 2.05) is 31.2 Å². The van der Waals surface area contributed by atoms with Gasteiger partial charge in [-0.15, -0.1) is 0 Å². The van der Waals surface area contributed by atoms with Gasteiger partial charge in [0.05, 0.1) is 19.8 Å². The molecule has 2 aromatic rings. The summed E-state index contributed by atoms with van der Waals surface area (Å²) >= 11 is 0.